The number of carbonyl (C=O) groups excluding carboxylic acids is 2. The second kappa shape index (κ2) is 12.6. The number of likely N-dealkylation sites (tertiary alicyclic amines) is 1. The lowest BCUT2D eigenvalue weighted by atomic mass is 9.86. The van der Waals surface area contributed by atoms with Crippen molar-refractivity contribution in [3.05, 3.63) is 87.9 Å². The average Bonchev–Trinajstić information content (AvgIpc) is 3.44. The van der Waals surface area contributed by atoms with Crippen molar-refractivity contribution in [1.82, 2.24) is 10.2 Å². The lowest BCUT2D eigenvalue weighted by Gasteiger charge is -2.38. The first-order chi connectivity index (χ1) is 20.2. The minimum absolute atomic E-state index is 0.0126. The zero-order valence-electron chi connectivity index (χ0n) is 24.7. The lowest BCUT2D eigenvalue weighted by Crippen LogP contribution is -2.41. The molecule has 2 amide bonds. The summed E-state index contributed by atoms with van der Waals surface area (Å²) in [5.74, 6) is 1.24. The molecular weight excluding hydrogens is 554 g/mol. The predicted octanol–water partition coefficient (Wildman–Crippen LogP) is 6.65. The first kappa shape index (κ1) is 29.7. The number of nitrogens with zero attached hydrogens (tertiary/aromatic N) is 2. The number of methoxy groups -OCH3 is 1. The van der Waals surface area contributed by atoms with E-state index in [-0.39, 0.29) is 36.7 Å². The van der Waals surface area contributed by atoms with Gasteiger partial charge < -0.3 is 24.4 Å². The third kappa shape index (κ3) is 6.05. The van der Waals surface area contributed by atoms with E-state index in [9.17, 15) is 9.59 Å². The quantitative estimate of drug-likeness (QED) is 0.316. The second-order valence-electron chi connectivity index (χ2n) is 11.0. The van der Waals surface area contributed by atoms with E-state index in [1.165, 1.54) is 0 Å². The number of anilines is 1. The third-order valence-electron chi connectivity index (χ3n) is 7.97. The molecule has 0 saturated carbocycles. The maximum absolute atomic E-state index is 13.8. The highest BCUT2D eigenvalue weighted by molar-refractivity contribution is 6.30. The Morgan fingerprint density at radius 2 is 1.74 bits per heavy atom. The smallest absolute Gasteiger partial charge is 0.408 e. The molecule has 0 aliphatic carbocycles. The molecule has 1 fully saturated rings. The van der Waals surface area contributed by atoms with E-state index in [0.717, 1.165) is 47.3 Å². The third-order valence-corrected chi connectivity index (χ3v) is 8.22. The molecule has 2 heterocycles. The van der Waals surface area contributed by atoms with Crippen LogP contribution in [0.2, 0.25) is 5.02 Å². The molecular formula is C33H38ClN3O5. The molecule has 1 saturated heterocycles. The second-order valence-corrected chi connectivity index (χ2v) is 11.5. The topological polar surface area (TPSA) is 80.3 Å². The number of halogens is 1. The fourth-order valence-corrected chi connectivity index (χ4v) is 6.07. The van der Waals surface area contributed by atoms with E-state index < -0.39 is 6.09 Å². The van der Waals surface area contributed by atoms with Gasteiger partial charge >= 0.3 is 6.09 Å². The normalized spacial score (nSPS) is 19.4. The van der Waals surface area contributed by atoms with Gasteiger partial charge in [0, 0.05) is 30.3 Å². The summed E-state index contributed by atoms with van der Waals surface area (Å²) in [6.07, 6.45) is 1.26. The van der Waals surface area contributed by atoms with Crippen LogP contribution in [0.1, 0.15) is 68.0 Å². The van der Waals surface area contributed by atoms with E-state index in [1.807, 2.05) is 67.3 Å². The molecule has 0 aromatic heterocycles. The minimum Gasteiger partial charge on any atom is -0.493 e. The molecule has 0 bridgehead atoms. The standard InChI is InChI=1S/C33H38ClN3O5/c1-20(2)41-29-19-27-24(17-28(29)40-5)18-30(38)37(32(27)23-8-12-25(34)13-9-23)26-14-10-22(11-15-26)21(3)36-16-6-7-31(36)42-33(39)35-4/h8-15,17,19-21,31-32H,6-7,16,18H2,1-5H3,(H,35,39)/t21-,31+,32-/m0/s1. The number of amides is 2. The summed E-state index contributed by atoms with van der Waals surface area (Å²) in [5.41, 5.74) is 4.71. The van der Waals surface area contributed by atoms with Crippen LogP contribution in [0.4, 0.5) is 10.5 Å². The van der Waals surface area contributed by atoms with Crippen molar-refractivity contribution >= 4 is 29.3 Å². The first-order valence-corrected chi connectivity index (χ1v) is 14.8. The fourth-order valence-electron chi connectivity index (χ4n) is 5.94. The largest absolute Gasteiger partial charge is 0.493 e. The summed E-state index contributed by atoms with van der Waals surface area (Å²) in [6, 6.07) is 19.3. The van der Waals surface area contributed by atoms with Crippen LogP contribution < -0.4 is 19.7 Å². The van der Waals surface area contributed by atoms with Gasteiger partial charge in [-0.05, 0) is 92.3 Å². The molecule has 8 nitrogen and oxygen atoms in total. The SMILES string of the molecule is CNC(=O)O[C@@H]1CCCN1[C@@H](C)c1ccc(N2C(=O)Cc3cc(OC)c(OC(C)C)cc3[C@@H]2c2ccc(Cl)cc2)cc1. The monoisotopic (exact) mass is 591 g/mol. The van der Waals surface area contributed by atoms with Crippen LogP contribution in [-0.4, -0.2) is 49.9 Å². The highest BCUT2D eigenvalue weighted by Crippen LogP contribution is 2.44. The average molecular weight is 592 g/mol. The Bertz CT molecular complexity index is 1430. The van der Waals surface area contributed by atoms with Crippen LogP contribution in [0.5, 0.6) is 11.5 Å². The number of hydrogen-bond acceptors (Lipinski definition) is 6. The van der Waals surface area contributed by atoms with Gasteiger partial charge in [0.25, 0.3) is 0 Å². The van der Waals surface area contributed by atoms with Gasteiger partial charge in [0.2, 0.25) is 5.91 Å². The molecule has 222 valence electrons. The Balaban J connectivity index is 1.51. The Morgan fingerprint density at radius 1 is 1.02 bits per heavy atom. The van der Waals surface area contributed by atoms with Gasteiger partial charge in [0.1, 0.15) is 0 Å². The first-order valence-electron chi connectivity index (χ1n) is 14.4. The number of ether oxygens (including phenoxy) is 3. The Kier molecular flexibility index (Phi) is 8.94. The van der Waals surface area contributed by atoms with E-state index in [1.54, 1.807) is 14.2 Å². The summed E-state index contributed by atoms with van der Waals surface area (Å²) >= 11 is 6.25. The number of nitrogens with one attached hydrogen (secondary N) is 1. The van der Waals surface area contributed by atoms with Gasteiger partial charge in [-0.15, -0.1) is 0 Å². The van der Waals surface area contributed by atoms with Crippen LogP contribution in [-0.2, 0) is 16.0 Å². The molecule has 3 atom stereocenters. The zero-order chi connectivity index (χ0) is 30.0. The highest BCUT2D eigenvalue weighted by atomic mass is 35.5. The van der Waals surface area contributed by atoms with Gasteiger partial charge in [-0.2, -0.15) is 0 Å². The Morgan fingerprint density at radius 3 is 2.38 bits per heavy atom. The molecule has 0 spiro atoms. The van der Waals surface area contributed by atoms with Crippen LogP contribution in [0, 0.1) is 0 Å². The van der Waals surface area contributed by atoms with E-state index >= 15 is 0 Å². The highest BCUT2D eigenvalue weighted by Gasteiger charge is 2.37. The molecule has 0 radical (unpaired) electrons. The van der Waals surface area contributed by atoms with Crippen molar-refractivity contribution in [2.24, 2.45) is 0 Å². The minimum atomic E-state index is -0.425. The molecule has 3 aromatic carbocycles. The Hall–Kier alpha value is -3.75. The van der Waals surface area contributed by atoms with Crippen molar-refractivity contribution in [3.63, 3.8) is 0 Å². The molecule has 9 heteroatoms. The van der Waals surface area contributed by atoms with Crippen molar-refractivity contribution in [3.8, 4) is 11.5 Å². The number of benzene rings is 3. The number of alkyl carbamates (subject to hydrolysis) is 1. The van der Waals surface area contributed by atoms with Crippen LogP contribution in [0.3, 0.4) is 0 Å². The van der Waals surface area contributed by atoms with Crippen LogP contribution in [0.15, 0.2) is 60.7 Å². The summed E-state index contributed by atoms with van der Waals surface area (Å²) < 4.78 is 17.3. The van der Waals surface area contributed by atoms with Crippen molar-refractivity contribution in [2.75, 3.05) is 25.6 Å². The van der Waals surface area contributed by atoms with E-state index in [0.29, 0.717) is 16.5 Å². The maximum Gasteiger partial charge on any atom is 0.408 e. The number of carbonyl (C=O) groups is 2. The molecule has 1 N–H and O–H groups in total. The van der Waals surface area contributed by atoms with Crippen LogP contribution in [0.25, 0.3) is 0 Å². The van der Waals surface area contributed by atoms with Gasteiger partial charge in [-0.25, -0.2) is 4.79 Å². The van der Waals surface area contributed by atoms with Crippen LogP contribution >= 0.6 is 11.6 Å². The Labute approximate surface area is 252 Å². The fraction of sp³-hybridized carbons (Fsp3) is 0.394. The van der Waals surface area contributed by atoms with Gasteiger partial charge in [-0.1, -0.05) is 35.9 Å². The lowest BCUT2D eigenvalue weighted by molar-refractivity contribution is -0.118. The maximum atomic E-state index is 13.8. The summed E-state index contributed by atoms with van der Waals surface area (Å²) in [6.45, 7) is 6.91. The van der Waals surface area contributed by atoms with E-state index in [4.69, 9.17) is 25.8 Å². The molecule has 2 aliphatic heterocycles. The zero-order valence-corrected chi connectivity index (χ0v) is 25.5. The van der Waals surface area contributed by atoms with Crippen molar-refractivity contribution < 1.29 is 23.8 Å². The predicted molar refractivity (Wildman–Crippen MR) is 163 cm³/mol. The van der Waals surface area contributed by atoms with E-state index in [2.05, 4.69) is 29.3 Å². The number of hydrogen-bond donors (Lipinski definition) is 1. The van der Waals surface area contributed by atoms with Gasteiger partial charge in [0.15, 0.2) is 17.7 Å². The van der Waals surface area contributed by atoms with Crippen molar-refractivity contribution in [1.29, 1.82) is 0 Å². The number of fused-ring (bicyclic) bond motifs is 1. The molecule has 0 unspecified atom stereocenters. The van der Waals surface area contributed by atoms with Crippen molar-refractivity contribution in [2.45, 2.75) is 64.4 Å². The van der Waals surface area contributed by atoms with Gasteiger partial charge in [0.05, 0.1) is 25.7 Å². The molecule has 3 aromatic rings. The summed E-state index contributed by atoms with van der Waals surface area (Å²) in [5, 5.41) is 3.17. The number of rotatable bonds is 8. The molecule has 2 aliphatic rings. The summed E-state index contributed by atoms with van der Waals surface area (Å²) in [7, 11) is 3.18. The molecule has 5 rings (SSSR count). The van der Waals surface area contributed by atoms with Gasteiger partial charge in [-0.3, -0.25) is 9.69 Å². The summed E-state index contributed by atoms with van der Waals surface area (Å²) in [4.78, 5) is 29.8. The molecule has 42 heavy (non-hydrogen) atoms.